The van der Waals surface area contributed by atoms with E-state index < -0.39 is 0 Å². The number of halogens is 2. The monoisotopic (exact) mass is 283 g/mol. The van der Waals surface area contributed by atoms with Crippen LogP contribution in [-0.2, 0) is 0 Å². The molecule has 1 N–H and O–H groups in total. The van der Waals surface area contributed by atoms with Gasteiger partial charge in [0.25, 0.3) is 0 Å². The first-order valence-electron chi connectivity index (χ1n) is 6.76. The number of hydrogen-bond donors (Lipinski definition) is 1. The molecule has 106 valence electrons. The predicted octanol–water partition coefficient (Wildman–Crippen LogP) is 4.76. The van der Waals surface area contributed by atoms with Crippen LogP contribution in [0.3, 0.4) is 0 Å². The van der Waals surface area contributed by atoms with Crippen LogP contribution in [0.25, 0.3) is 6.08 Å². The fourth-order valence-electron chi connectivity index (χ4n) is 1.74. The molecule has 0 aliphatic carbocycles. The van der Waals surface area contributed by atoms with E-state index in [1.54, 1.807) is 12.1 Å². The SMILES string of the molecule is CC(C)CNC/C(=C/c1ccc(F)c(Cl)c1)C(C)C. The molecule has 1 aromatic carbocycles. The van der Waals surface area contributed by atoms with Crippen molar-refractivity contribution >= 4 is 17.7 Å². The van der Waals surface area contributed by atoms with Gasteiger partial charge in [-0.2, -0.15) is 0 Å². The van der Waals surface area contributed by atoms with Gasteiger partial charge in [0.2, 0.25) is 0 Å². The van der Waals surface area contributed by atoms with Gasteiger partial charge in [-0.15, -0.1) is 0 Å². The highest BCUT2D eigenvalue weighted by atomic mass is 35.5. The van der Waals surface area contributed by atoms with Crippen LogP contribution >= 0.6 is 11.6 Å². The van der Waals surface area contributed by atoms with Crippen molar-refractivity contribution in [2.75, 3.05) is 13.1 Å². The summed E-state index contributed by atoms with van der Waals surface area (Å²) in [5, 5.41) is 3.61. The number of nitrogens with one attached hydrogen (secondary N) is 1. The zero-order valence-electron chi connectivity index (χ0n) is 12.1. The lowest BCUT2D eigenvalue weighted by Gasteiger charge is -2.14. The van der Waals surface area contributed by atoms with Gasteiger partial charge in [0, 0.05) is 6.54 Å². The summed E-state index contributed by atoms with van der Waals surface area (Å²) in [7, 11) is 0. The van der Waals surface area contributed by atoms with Crippen LogP contribution in [-0.4, -0.2) is 13.1 Å². The third-order valence-electron chi connectivity index (χ3n) is 2.92. The van der Waals surface area contributed by atoms with Gasteiger partial charge in [-0.1, -0.05) is 57.0 Å². The van der Waals surface area contributed by atoms with E-state index in [1.807, 2.05) is 0 Å². The van der Waals surface area contributed by atoms with E-state index >= 15 is 0 Å². The first-order valence-corrected chi connectivity index (χ1v) is 7.14. The van der Waals surface area contributed by atoms with E-state index in [9.17, 15) is 4.39 Å². The molecule has 3 heteroatoms. The van der Waals surface area contributed by atoms with Gasteiger partial charge in [0.1, 0.15) is 5.82 Å². The fourth-order valence-corrected chi connectivity index (χ4v) is 1.93. The van der Waals surface area contributed by atoms with E-state index in [1.165, 1.54) is 11.6 Å². The van der Waals surface area contributed by atoms with Crippen LogP contribution in [0.2, 0.25) is 5.02 Å². The van der Waals surface area contributed by atoms with Crippen molar-refractivity contribution in [3.63, 3.8) is 0 Å². The maximum atomic E-state index is 13.1. The summed E-state index contributed by atoms with van der Waals surface area (Å²) in [6.07, 6.45) is 2.09. The Hall–Kier alpha value is -0.860. The summed E-state index contributed by atoms with van der Waals surface area (Å²) in [6, 6.07) is 4.83. The van der Waals surface area contributed by atoms with E-state index in [-0.39, 0.29) is 10.8 Å². The van der Waals surface area contributed by atoms with Crippen LogP contribution in [0.5, 0.6) is 0 Å². The molecule has 0 saturated carbocycles. The van der Waals surface area contributed by atoms with Crippen molar-refractivity contribution in [1.82, 2.24) is 5.32 Å². The molecule has 0 amide bonds. The Balaban J connectivity index is 2.79. The third-order valence-corrected chi connectivity index (χ3v) is 3.21. The van der Waals surface area contributed by atoms with Crippen LogP contribution in [0, 0.1) is 17.7 Å². The highest BCUT2D eigenvalue weighted by Gasteiger charge is 2.05. The minimum absolute atomic E-state index is 0.173. The van der Waals surface area contributed by atoms with Gasteiger partial charge in [-0.25, -0.2) is 4.39 Å². The molecule has 0 aliphatic rings. The first-order chi connectivity index (χ1) is 8.90. The smallest absolute Gasteiger partial charge is 0.141 e. The Labute approximate surface area is 120 Å². The Morgan fingerprint density at radius 3 is 2.53 bits per heavy atom. The highest BCUT2D eigenvalue weighted by molar-refractivity contribution is 6.30. The predicted molar refractivity (Wildman–Crippen MR) is 81.9 cm³/mol. The number of benzene rings is 1. The molecular formula is C16H23ClFN. The lowest BCUT2D eigenvalue weighted by Crippen LogP contribution is -2.23. The number of rotatable bonds is 6. The first kappa shape index (κ1) is 16.2. The normalized spacial score (nSPS) is 12.5. The van der Waals surface area contributed by atoms with E-state index in [4.69, 9.17) is 11.6 Å². The second-order valence-electron chi connectivity index (χ2n) is 5.57. The summed E-state index contributed by atoms with van der Waals surface area (Å²) in [5.74, 6) is 0.708. The van der Waals surface area contributed by atoms with Crippen LogP contribution < -0.4 is 5.32 Å². The maximum Gasteiger partial charge on any atom is 0.141 e. The summed E-state index contributed by atoms with van der Waals surface area (Å²) in [4.78, 5) is 0. The van der Waals surface area contributed by atoms with Crippen molar-refractivity contribution in [3.05, 3.63) is 40.2 Å². The molecule has 1 nitrogen and oxygen atoms in total. The third kappa shape index (κ3) is 5.75. The average Bonchev–Trinajstić information content (AvgIpc) is 2.32. The Morgan fingerprint density at radius 2 is 2.00 bits per heavy atom. The van der Waals surface area contributed by atoms with Crippen LogP contribution in [0.4, 0.5) is 4.39 Å². The molecule has 0 bridgehead atoms. The molecule has 1 aromatic rings. The zero-order valence-corrected chi connectivity index (χ0v) is 12.9. The zero-order chi connectivity index (χ0) is 14.4. The van der Waals surface area contributed by atoms with Crippen molar-refractivity contribution in [1.29, 1.82) is 0 Å². The quantitative estimate of drug-likeness (QED) is 0.793. The Kier molecular flexibility index (Phi) is 6.53. The van der Waals surface area contributed by atoms with Crippen molar-refractivity contribution < 1.29 is 4.39 Å². The molecule has 0 radical (unpaired) electrons. The summed E-state index contributed by atoms with van der Waals surface area (Å²) in [6.45, 7) is 10.5. The molecule has 19 heavy (non-hydrogen) atoms. The minimum atomic E-state index is -0.372. The van der Waals surface area contributed by atoms with Gasteiger partial charge in [0.05, 0.1) is 5.02 Å². The number of hydrogen-bond acceptors (Lipinski definition) is 1. The summed E-state index contributed by atoms with van der Waals surface area (Å²) < 4.78 is 13.1. The van der Waals surface area contributed by atoms with E-state index in [2.05, 4.69) is 39.1 Å². The average molecular weight is 284 g/mol. The van der Waals surface area contributed by atoms with Crippen LogP contribution in [0.1, 0.15) is 33.3 Å². The van der Waals surface area contributed by atoms with Gasteiger partial charge < -0.3 is 5.32 Å². The second-order valence-corrected chi connectivity index (χ2v) is 5.98. The molecule has 0 spiro atoms. The lowest BCUT2D eigenvalue weighted by molar-refractivity contribution is 0.558. The van der Waals surface area contributed by atoms with Gasteiger partial charge in [-0.05, 0) is 36.1 Å². The molecule has 0 unspecified atom stereocenters. The molecule has 0 aromatic heterocycles. The Morgan fingerprint density at radius 1 is 1.32 bits per heavy atom. The molecule has 0 fully saturated rings. The van der Waals surface area contributed by atoms with E-state index in [0.29, 0.717) is 11.8 Å². The van der Waals surface area contributed by atoms with E-state index in [0.717, 1.165) is 18.7 Å². The van der Waals surface area contributed by atoms with Gasteiger partial charge >= 0.3 is 0 Å². The largest absolute Gasteiger partial charge is 0.313 e. The summed E-state index contributed by atoms with van der Waals surface area (Å²) >= 11 is 5.80. The van der Waals surface area contributed by atoms with Crippen molar-refractivity contribution in [2.45, 2.75) is 27.7 Å². The summed E-state index contributed by atoms with van der Waals surface area (Å²) in [5.41, 5.74) is 2.24. The lowest BCUT2D eigenvalue weighted by atomic mass is 10.00. The van der Waals surface area contributed by atoms with Crippen LogP contribution in [0.15, 0.2) is 23.8 Å². The topological polar surface area (TPSA) is 12.0 Å². The molecule has 0 aliphatic heterocycles. The molecule has 0 saturated heterocycles. The van der Waals surface area contributed by atoms with Crippen molar-refractivity contribution in [2.24, 2.45) is 11.8 Å². The van der Waals surface area contributed by atoms with Gasteiger partial charge in [-0.3, -0.25) is 0 Å². The standard InChI is InChI=1S/C16H23ClFN/c1-11(2)9-19-10-14(12(3)4)7-13-5-6-16(18)15(17)8-13/h5-8,11-12,19H,9-10H2,1-4H3/b14-7-. The molecule has 0 heterocycles. The fraction of sp³-hybridized carbons (Fsp3) is 0.500. The minimum Gasteiger partial charge on any atom is -0.313 e. The Bertz CT molecular complexity index is 438. The molecule has 1 rings (SSSR count). The highest BCUT2D eigenvalue weighted by Crippen LogP contribution is 2.20. The molecular weight excluding hydrogens is 261 g/mol. The molecule has 0 atom stereocenters. The van der Waals surface area contributed by atoms with Gasteiger partial charge in [0.15, 0.2) is 0 Å². The van der Waals surface area contributed by atoms with Crippen molar-refractivity contribution in [3.8, 4) is 0 Å². The second kappa shape index (κ2) is 7.66. The maximum absolute atomic E-state index is 13.1.